The van der Waals surface area contributed by atoms with E-state index in [0.29, 0.717) is 4.88 Å². The van der Waals surface area contributed by atoms with E-state index in [1.165, 1.54) is 12.1 Å². The Balaban J connectivity index is 3.22. The maximum absolute atomic E-state index is 10.5. The lowest BCUT2D eigenvalue weighted by atomic mass is 10.5. The van der Waals surface area contributed by atoms with E-state index in [4.69, 9.17) is 11.0 Å². The summed E-state index contributed by atoms with van der Waals surface area (Å²) in [5.74, 6) is 2.26. The summed E-state index contributed by atoms with van der Waals surface area (Å²) in [5.41, 5.74) is 0. The van der Waals surface area contributed by atoms with E-state index in [2.05, 4.69) is 5.92 Å². The molecule has 0 radical (unpaired) electrons. The molecule has 0 unspecified atom stereocenters. The van der Waals surface area contributed by atoms with E-state index >= 15 is 0 Å². The molecule has 58 valence electrons. The van der Waals surface area contributed by atoms with Crippen molar-refractivity contribution >= 4 is 21.5 Å². The summed E-state index contributed by atoms with van der Waals surface area (Å²) < 4.78 is 29.3. The molecule has 0 aliphatic carbocycles. The Hall–Kier alpha value is -0.830. The van der Waals surface area contributed by atoms with E-state index in [0.717, 1.165) is 11.3 Å². The van der Waals surface area contributed by atoms with Crippen LogP contribution in [0.25, 0.3) is 0 Å². The second kappa shape index (κ2) is 2.66. The Morgan fingerprint density at radius 1 is 1.55 bits per heavy atom. The summed E-state index contributed by atoms with van der Waals surface area (Å²) in [7, 11) is -4.07. The van der Waals surface area contributed by atoms with Crippen molar-refractivity contribution in [2.75, 3.05) is 0 Å². The first-order valence-corrected chi connectivity index (χ1v) is 4.83. The standard InChI is InChI=1S/C6H4O3S2/c1-2-5-3-4-6(10-5)11(7,8)9/h1,3-4H,(H,7,8,9). The lowest BCUT2D eigenvalue weighted by molar-refractivity contribution is 0.485. The van der Waals surface area contributed by atoms with Gasteiger partial charge in [0.25, 0.3) is 0 Å². The molecule has 1 aromatic rings. The normalized spacial score (nSPS) is 10.9. The number of thiophene rings is 1. The Morgan fingerprint density at radius 2 is 2.18 bits per heavy atom. The highest BCUT2D eigenvalue weighted by Gasteiger charge is 2.11. The Morgan fingerprint density at radius 3 is 2.45 bits per heavy atom. The maximum Gasteiger partial charge on any atom is 0.304 e. The second-order valence-electron chi connectivity index (χ2n) is 1.74. The van der Waals surface area contributed by atoms with Gasteiger partial charge in [0.2, 0.25) is 0 Å². The van der Waals surface area contributed by atoms with Gasteiger partial charge >= 0.3 is 10.1 Å². The fourth-order valence-electron chi connectivity index (χ4n) is 0.536. The molecule has 0 bridgehead atoms. The van der Waals surface area contributed by atoms with Gasteiger partial charge in [-0.05, 0) is 12.1 Å². The second-order valence-corrected chi connectivity index (χ2v) is 4.47. The summed E-state index contributed by atoms with van der Waals surface area (Å²) in [5, 5.41) is 0. The summed E-state index contributed by atoms with van der Waals surface area (Å²) >= 11 is 0.866. The van der Waals surface area contributed by atoms with Crippen molar-refractivity contribution in [2.24, 2.45) is 0 Å². The molecule has 0 saturated heterocycles. The third kappa shape index (κ3) is 1.80. The third-order valence-electron chi connectivity index (χ3n) is 0.978. The highest BCUT2D eigenvalue weighted by Crippen LogP contribution is 2.19. The monoisotopic (exact) mass is 188 g/mol. The molecule has 0 aliphatic heterocycles. The van der Waals surface area contributed by atoms with Crippen molar-refractivity contribution in [3.8, 4) is 12.3 Å². The molecular formula is C6H4O3S2. The molecule has 0 saturated carbocycles. The quantitative estimate of drug-likeness (QED) is 0.528. The molecule has 1 heterocycles. The van der Waals surface area contributed by atoms with Crippen molar-refractivity contribution in [2.45, 2.75) is 4.21 Å². The molecule has 1 N–H and O–H groups in total. The Labute approximate surface area is 68.4 Å². The predicted octanol–water partition coefficient (Wildman–Crippen LogP) is 0.976. The first kappa shape index (κ1) is 8.27. The van der Waals surface area contributed by atoms with Crippen LogP contribution in [-0.2, 0) is 10.1 Å². The van der Waals surface area contributed by atoms with Crippen LogP contribution < -0.4 is 0 Å². The van der Waals surface area contributed by atoms with Crippen molar-refractivity contribution in [1.29, 1.82) is 0 Å². The van der Waals surface area contributed by atoms with Crippen LogP contribution in [0.15, 0.2) is 16.3 Å². The molecular weight excluding hydrogens is 184 g/mol. The molecule has 1 aromatic heterocycles. The van der Waals surface area contributed by atoms with Gasteiger partial charge in [0.1, 0.15) is 4.21 Å². The molecule has 11 heavy (non-hydrogen) atoms. The van der Waals surface area contributed by atoms with Gasteiger partial charge in [0.15, 0.2) is 0 Å². The van der Waals surface area contributed by atoms with E-state index in [1.807, 2.05) is 0 Å². The molecule has 0 fully saturated rings. The zero-order valence-electron chi connectivity index (χ0n) is 5.31. The number of hydrogen-bond donors (Lipinski definition) is 1. The van der Waals surface area contributed by atoms with Crippen molar-refractivity contribution in [1.82, 2.24) is 0 Å². The average molecular weight is 188 g/mol. The first-order valence-electron chi connectivity index (χ1n) is 2.58. The van der Waals surface area contributed by atoms with Gasteiger partial charge in [0, 0.05) is 0 Å². The summed E-state index contributed by atoms with van der Waals surface area (Å²) in [6, 6.07) is 2.74. The largest absolute Gasteiger partial charge is 0.304 e. The lowest BCUT2D eigenvalue weighted by Gasteiger charge is -1.85. The van der Waals surface area contributed by atoms with Crippen LogP contribution in [0, 0.1) is 12.3 Å². The molecule has 5 heteroatoms. The fraction of sp³-hybridized carbons (Fsp3) is 0. The third-order valence-corrected chi connectivity index (χ3v) is 3.32. The van der Waals surface area contributed by atoms with Gasteiger partial charge in [-0.1, -0.05) is 5.92 Å². The van der Waals surface area contributed by atoms with Crippen molar-refractivity contribution in [3.05, 3.63) is 17.0 Å². The number of terminal acetylenes is 1. The minimum atomic E-state index is -4.07. The van der Waals surface area contributed by atoms with Crippen LogP contribution >= 0.6 is 11.3 Å². The molecule has 0 amide bonds. The smallest absolute Gasteiger partial charge is 0.281 e. The topological polar surface area (TPSA) is 54.4 Å². The SMILES string of the molecule is C#Cc1ccc(S(=O)(=O)O)s1. The number of rotatable bonds is 1. The molecule has 0 spiro atoms. The average Bonchev–Trinajstić information content (AvgIpc) is 2.32. The van der Waals surface area contributed by atoms with Crippen LogP contribution in [0.4, 0.5) is 0 Å². The zero-order valence-corrected chi connectivity index (χ0v) is 6.95. The van der Waals surface area contributed by atoms with E-state index in [-0.39, 0.29) is 4.21 Å². The highest BCUT2D eigenvalue weighted by molar-refractivity contribution is 7.88. The van der Waals surface area contributed by atoms with Gasteiger partial charge < -0.3 is 0 Å². The highest BCUT2D eigenvalue weighted by atomic mass is 32.3. The van der Waals surface area contributed by atoms with Crippen LogP contribution in [0.5, 0.6) is 0 Å². The van der Waals surface area contributed by atoms with Crippen molar-refractivity contribution < 1.29 is 13.0 Å². The fourth-order valence-corrected chi connectivity index (χ4v) is 2.01. The molecule has 0 aliphatic rings. The summed E-state index contributed by atoms with van der Waals surface area (Å²) in [4.78, 5) is 0.484. The van der Waals surface area contributed by atoms with Crippen LogP contribution in [0.1, 0.15) is 4.88 Å². The lowest BCUT2D eigenvalue weighted by Crippen LogP contribution is -1.92. The summed E-state index contributed by atoms with van der Waals surface area (Å²) in [6.45, 7) is 0. The predicted molar refractivity (Wildman–Crippen MR) is 42.1 cm³/mol. The Bertz CT molecular complexity index is 394. The van der Waals surface area contributed by atoms with Gasteiger partial charge in [-0.15, -0.1) is 17.8 Å². The molecule has 0 aromatic carbocycles. The van der Waals surface area contributed by atoms with Crippen LogP contribution in [0.2, 0.25) is 0 Å². The molecule has 3 nitrogen and oxygen atoms in total. The van der Waals surface area contributed by atoms with Gasteiger partial charge in [-0.25, -0.2) is 0 Å². The minimum Gasteiger partial charge on any atom is -0.281 e. The minimum absolute atomic E-state index is 0.120. The molecule has 1 rings (SSSR count). The van der Waals surface area contributed by atoms with E-state index in [1.54, 1.807) is 0 Å². The van der Waals surface area contributed by atoms with Crippen molar-refractivity contribution in [3.63, 3.8) is 0 Å². The van der Waals surface area contributed by atoms with Crippen LogP contribution in [-0.4, -0.2) is 13.0 Å². The van der Waals surface area contributed by atoms with E-state index in [9.17, 15) is 8.42 Å². The Kier molecular flexibility index (Phi) is 2.00. The van der Waals surface area contributed by atoms with Gasteiger partial charge in [-0.3, -0.25) is 4.55 Å². The summed E-state index contributed by atoms with van der Waals surface area (Å²) in [6.07, 6.45) is 4.99. The van der Waals surface area contributed by atoms with Crippen LogP contribution in [0.3, 0.4) is 0 Å². The maximum atomic E-state index is 10.5. The van der Waals surface area contributed by atoms with Gasteiger partial charge in [-0.2, -0.15) is 8.42 Å². The first-order chi connectivity index (χ1) is 5.04. The van der Waals surface area contributed by atoms with E-state index < -0.39 is 10.1 Å². The molecule has 0 atom stereocenters. The zero-order chi connectivity index (χ0) is 8.48. The number of hydrogen-bond acceptors (Lipinski definition) is 3. The van der Waals surface area contributed by atoms with Gasteiger partial charge in [0.05, 0.1) is 4.88 Å².